The molecule has 0 spiro atoms. The second-order valence-corrected chi connectivity index (χ2v) is 8.31. The SMILES string of the molecule is C#CCn1c(=NC(=O)c2cc3c(ccc4ccccc43)oc2=O)sc2cc(OCC)ccc21. The zero-order chi connectivity index (χ0) is 22.9. The molecule has 2 aromatic heterocycles. The molecule has 0 N–H and O–H groups in total. The Kier molecular flexibility index (Phi) is 5.29. The minimum atomic E-state index is -0.727. The third kappa shape index (κ3) is 3.71. The monoisotopic (exact) mass is 454 g/mol. The van der Waals surface area contributed by atoms with Crippen molar-refractivity contribution in [1.29, 1.82) is 0 Å². The molecule has 5 rings (SSSR count). The molecule has 2 heterocycles. The van der Waals surface area contributed by atoms with Crippen LogP contribution in [-0.4, -0.2) is 17.1 Å². The minimum Gasteiger partial charge on any atom is -0.494 e. The highest BCUT2D eigenvalue weighted by Crippen LogP contribution is 2.26. The highest BCUT2D eigenvalue weighted by atomic mass is 32.1. The molecule has 0 unspecified atom stereocenters. The van der Waals surface area contributed by atoms with Crippen LogP contribution in [0.4, 0.5) is 0 Å². The van der Waals surface area contributed by atoms with Gasteiger partial charge in [-0.15, -0.1) is 6.42 Å². The van der Waals surface area contributed by atoms with Crippen LogP contribution in [-0.2, 0) is 6.54 Å². The van der Waals surface area contributed by atoms with Gasteiger partial charge in [0, 0.05) is 5.39 Å². The molecular formula is C26H18N2O4S. The van der Waals surface area contributed by atoms with Gasteiger partial charge in [-0.3, -0.25) is 4.79 Å². The highest BCUT2D eigenvalue weighted by molar-refractivity contribution is 7.16. The standard InChI is InChI=1S/C26H18N2O4S/c1-3-13-28-21-11-10-17(31-4-2)14-23(21)33-26(28)27-24(29)20-15-19-18-8-6-5-7-16(18)9-12-22(19)32-25(20)30/h1,5-12,14-15H,4,13H2,2H3. The van der Waals surface area contributed by atoms with Crippen molar-refractivity contribution in [3.8, 4) is 18.1 Å². The number of aromatic nitrogens is 1. The smallest absolute Gasteiger partial charge is 0.349 e. The summed E-state index contributed by atoms with van der Waals surface area (Å²) < 4.78 is 13.7. The molecule has 0 aliphatic heterocycles. The van der Waals surface area contributed by atoms with Crippen molar-refractivity contribution >= 4 is 49.2 Å². The van der Waals surface area contributed by atoms with E-state index in [1.807, 2.05) is 55.5 Å². The van der Waals surface area contributed by atoms with Crippen LogP contribution in [0.5, 0.6) is 5.75 Å². The number of hydrogen-bond acceptors (Lipinski definition) is 5. The fraction of sp³-hybridized carbons (Fsp3) is 0.115. The lowest BCUT2D eigenvalue weighted by molar-refractivity contribution is 0.0994. The van der Waals surface area contributed by atoms with E-state index in [0.717, 1.165) is 26.7 Å². The normalized spacial score (nSPS) is 11.8. The number of thiazole rings is 1. The summed E-state index contributed by atoms with van der Waals surface area (Å²) in [7, 11) is 0. The lowest BCUT2D eigenvalue weighted by Gasteiger charge is -2.04. The third-order valence-corrected chi connectivity index (χ3v) is 6.33. The van der Waals surface area contributed by atoms with Crippen molar-refractivity contribution in [2.75, 3.05) is 6.61 Å². The van der Waals surface area contributed by atoms with E-state index >= 15 is 0 Å². The molecule has 33 heavy (non-hydrogen) atoms. The highest BCUT2D eigenvalue weighted by Gasteiger charge is 2.16. The van der Waals surface area contributed by atoms with Gasteiger partial charge < -0.3 is 13.7 Å². The molecule has 0 fully saturated rings. The maximum Gasteiger partial charge on any atom is 0.349 e. The Hall–Kier alpha value is -4.15. The molecule has 0 bridgehead atoms. The van der Waals surface area contributed by atoms with Crippen LogP contribution >= 0.6 is 11.3 Å². The average Bonchev–Trinajstić information content (AvgIpc) is 3.15. The molecule has 5 aromatic rings. The predicted octanol–water partition coefficient (Wildman–Crippen LogP) is 4.74. The fourth-order valence-corrected chi connectivity index (χ4v) is 4.86. The fourth-order valence-electron chi connectivity index (χ4n) is 3.81. The van der Waals surface area contributed by atoms with Crippen molar-refractivity contribution in [2.45, 2.75) is 13.5 Å². The summed E-state index contributed by atoms with van der Waals surface area (Å²) in [4.78, 5) is 30.4. The molecule has 0 radical (unpaired) electrons. The van der Waals surface area contributed by atoms with Crippen LogP contribution in [0.25, 0.3) is 32.0 Å². The first-order valence-electron chi connectivity index (χ1n) is 10.3. The Morgan fingerprint density at radius 1 is 1.15 bits per heavy atom. The minimum absolute atomic E-state index is 0.126. The van der Waals surface area contributed by atoms with Crippen LogP contribution in [0, 0.1) is 12.3 Å². The first kappa shape index (κ1) is 20.7. The lowest BCUT2D eigenvalue weighted by Crippen LogP contribution is -2.19. The van der Waals surface area contributed by atoms with Gasteiger partial charge in [0.05, 0.1) is 23.4 Å². The van der Waals surface area contributed by atoms with E-state index in [0.29, 0.717) is 22.4 Å². The van der Waals surface area contributed by atoms with Crippen molar-refractivity contribution in [3.63, 3.8) is 0 Å². The van der Waals surface area contributed by atoms with Crippen molar-refractivity contribution in [2.24, 2.45) is 4.99 Å². The number of carbonyl (C=O) groups is 1. The van der Waals surface area contributed by atoms with Crippen LogP contribution < -0.4 is 15.2 Å². The number of amides is 1. The van der Waals surface area contributed by atoms with Gasteiger partial charge in [0.25, 0.3) is 5.91 Å². The summed E-state index contributed by atoms with van der Waals surface area (Å²) in [6, 6.07) is 18.5. The molecule has 0 atom stereocenters. The Bertz CT molecular complexity index is 1720. The number of fused-ring (bicyclic) bond motifs is 4. The number of terminal acetylenes is 1. The van der Waals surface area contributed by atoms with E-state index in [9.17, 15) is 9.59 Å². The Labute approximate surface area is 192 Å². The summed E-state index contributed by atoms with van der Waals surface area (Å²) >= 11 is 1.31. The number of ether oxygens (including phenoxy) is 1. The molecular weight excluding hydrogens is 436 g/mol. The Balaban J connectivity index is 1.68. The number of benzene rings is 3. The molecule has 1 amide bonds. The number of hydrogen-bond donors (Lipinski definition) is 0. The van der Waals surface area contributed by atoms with E-state index in [2.05, 4.69) is 10.9 Å². The molecule has 0 aliphatic carbocycles. The first-order chi connectivity index (χ1) is 16.1. The molecule has 162 valence electrons. The van der Waals surface area contributed by atoms with E-state index < -0.39 is 11.5 Å². The number of nitrogens with zero attached hydrogens (tertiary/aromatic N) is 2. The van der Waals surface area contributed by atoms with Crippen LogP contribution in [0.15, 0.2) is 74.9 Å². The molecule has 0 saturated carbocycles. The second-order valence-electron chi connectivity index (χ2n) is 7.30. The summed E-state index contributed by atoms with van der Waals surface area (Å²) in [6.07, 6.45) is 5.56. The summed E-state index contributed by atoms with van der Waals surface area (Å²) in [6.45, 7) is 2.69. The van der Waals surface area contributed by atoms with E-state index in [1.165, 1.54) is 11.3 Å². The van der Waals surface area contributed by atoms with Gasteiger partial charge in [0.2, 0.25) is 0 Å². The largest absolute Gasteiger partial charge is 0.494 e. The third-order valence-electron chi connectivity index (χ3n) is 5.28. The average molecular weight is 455 g/mol. The summed E-state index contributed by atoms with van der Waals surface area (Å²) in [5, 5.41) is 2.55. The van der Waals surface area contributed by atoms with Crippen molar-refractivity contribution in [3.05, 3.63) is 81.4 Å². The summed E-state index contributed by atoms with van der Waals surface area (Å²) in [5.41, 5.74) is 0.404. The Morgan fingerprint density at radius 2 is 2.00 bits per heavy atom. The molecule has 3 aromatic carbocycles. The molecule has 0 aliphatic rings. The van der Waals surface area contributed by atoms with Gasteiger partial charge in [0.15, 0.2) is 4.80 Å². The zero-order valence-corrected chi connectivity index (χ0v) is 18.5. The van der Waals surface area contributed by atoms with Gasteiger partial charge in [-0.1, -0.05) is 47.6 Å². The van der Waals surface area contributed by atoms with Gasteiger partial charge >= 0.3 is 5.63 Å². The van der Waals surface area contributed by atoms with Gasteiger partial charge in [-0.05, 0) is 48.0 Å². The van der Waals surface area contributed by atoms with E-state index in [1.54, 1.807) is 16.7 Å². The molecule has 6 nitrogen and oxygen atoms in total. The lowest BCUT2D eigenvalue weighted by atomic mass is 10.0. The summed E-state index contributed by atoms with van der Waals surface area (Å²) in [5.74, 6) is 2.64. The molecule has 0 saturated heterocycles. The quantitative estimate of drug-likeness (QED) is 0.223. The van der Waals surface area contributed by atoms with E-state index in [-0.39, 0.29) is 12.1 Å². The van der Waals surface area contributed by atoms with Gasteiger partial charge in [-0.25, -0.2) is 4.79 Å². The maximum atomic E-state index is 13.1. The number of carbonyl (C=O) groups excluding carboxylic acids is 1. The predicted molar refractivity (Wildman–Crippen MR) is 130 cm³/mol. The Morgan fingerprint density at radius 3 is 2.82 bits per heavy atom. The van der Waals surface area contributed by atoms with Crippen LogP contribution in [0.3, 0.4) is 0 Å². The number of rotatable bonds is 4. The van der Waals surface area contributed by atoms with Crippen molar-refractivity contribution < 1.29 is 13.9 Å². The second kappa shape index (κ2) is 8.41. The van der Waals surface area contributed by atoms with Crippen LogP contribution in [0.2, 0.25) is 0 Å². The van der Waals surface area contributed by atoms with Crippen molar-refractivity contribution in [1.82, 2.24) is 4.57 Å². The maximum absolute atomic E-state index is 13.1. The van der Waals surface area contributed by atoms with Crippen LogP contribution in [0.1, 0.15) is 17.3 Å². The van der Waals surface area contributed by atoms with E-state index in [4.69, 9.17) is 15.6 Å². The van der Waals surface area contributed by atoms with Gasteiger partial charge in [0.1, 0.15) is 16.9 Å². The van der Waals surface area contributed by atoms with Gasteiger partial charge in [-0.2, -0.15) is 4.99 Å². The topological polar surface area (TPSA) is 73.8 Å². The molecule has 7 heteroatoms. The first-order valence-corrected chi connectivity index (χ1v) is 11.1. The zero-order valence-electron chi connectivity index (χ0n) is 17.7.